The van der Waals surface area contributed by atoms with Crippen molar-refractivity contribution in [3.05, 3.63) is 70.3 Å². The number of nitrogens with one attached hydrogen (secondary N) is 1. The van der Waals surface area contributed by atoms with Gasteiger partial charge in [0, 0.05) is 23.9 Å². The molecule has 6 heteroatoms. The molecule has 124 valence electrons. The second-order valence-electron chi connectivity index (χ2n) is 5.05. The smallest absolute Gasteiger partial charge is 0.270 e. The summed E-state index contributed by atoms with van der Waals surface area (Å²) in [5.74, 6) is 0.436. The summed E-state index contributed by atoms with van der Waals surface area (Å²) in [7, 11) is 0. The van der Waals surface area contributed by atoms with E-state index in [0.717, 1.165) is 12.2 Å². The largest absolute Gasteiger partial charge is 0.494 e. The summed E-state index contributed by atoms with van der Waals surface area (Å²) in [4.78, 5) is 22.1. The Balaban J connectivity index is 1.95. The fourth-order valence-corrected chi connectivity index (χ4v) is 1.95. The van der Waals surface area contributed by atoms with Gasteiger partial charge in [-0.25, -0.2) is 0 Å². The molecule has 1 N–H and O–H groups in total. The van der Waals surface area contributed by atoms with Crippen molar-refractivity contribution >= 4 is 23.4 Å². The van der Waals surface area contributed by atoms with Gasteiger partial charge in [0.15, 0.2) is 0 Å². The van der Waals surface area contributed by atoms with Gasteiger partial charge in [0.05, 0.1) is 11.5 Å². The van der Waals surface area contributed by atoms with Gasteiger partial charge < -0.3 is 10.1 Å². The van der Waals surface area contributed by atoms with Crippen LogP contribution in [-0.4, -0.2) is 17.4 Å². The van der Waals surface area contributed by atoms with E-state index in [9.17, 15) is 14.9 Å². The highest BCUT2D eigenvalue weighted by atomic mass is 16.6. The molecular weight excluding hydrogens is 308 g/mol. The molecule has 0 aliphatic rings. The first kappa shape index (κ1) is 17.2. The Bertz CT molecular complexity index is 739. The summed E-state index contributed by atoms with van der Waals surface area (Å²) in [5.41, 5.74) is 1.22. The fraction of sp³-hybridized carbons (Fsp3) is 0.167. The molecule has 0 atom stereocenters. The number of ether oxygens (including phenoxy) is 1. The number of benzene rings is 2. The van der Waals surface area contributed by atoms with E-state index in [4.69, 9.17) is 4.74 Å². The van der Waals surface area contributed by atoms with Gasteiger partial charge >= 0.3 is 0 Å². The molecule has 1 amide bonds. The molecule has 2 aromatic rings. The predicted molar refractivity (Wildman–Crippen MR) is 93.0 cm³/mol. The van der Waals surface area contributed by atoms with Gasteiger partial charge in [0.1, 0.15) is 5.75 Å². The summed E-state index contributed by atoms with van der Waals surface area (Å²) < 4.78 is 5.47. The number of nitro groups is 1. The lowest BCUT2D eigenvalue weighted by molar-refractivity contribution is -0.384. The Hall–Kier alpha value is -3.15. The molecule has 0 unspecified atom stereocenters. The minimum absolute atomic E-state index is 0.0137. The minimum atomic E-state index is -0.473. The SMILES string of the molecule is CCCOc1ccc(NC(=O)/C=C/c2cccc([N+](=O)[O-])c2)cc1. The first-order valence-corrected chi connectivity index (χ1v) is 7.55. The molecule has 0 aliphatic heterocycles. The number of nitrogens with zero attached hydrogens (tertiary/aromatic N) is 1. The molecule has 24 heavy (non-hydrogen) atoms. The summed E-state index contributed by atoms with van der Waals surface area (Å²) in [5, 5.41) is 13.4. The predicted octanol–water partition coefficient (Wildman–Crippen LogP) is 4.04. The standard InChI is InChI=1S/C18H18N2O4/c1-2-12-24-17-9-7-15(8-10-17)19-18(21)11-6-14-4-3-5-16(13-14)20(22)23/h3-11,13H,2,12H2,1H3,(H,19,21)/b11-6+. The lowest BCUT2D eigenvalue weighted by Gasteiger charge is -2.06. The van der Waals surface area contributed by atoms with Crippen LogP contribution in [0.25, 0.3) is 6.08 Å². The van der Waals surface area contributed by atoms with Crippen LogP contribution < -0.4 is 10.1 Å². The molecule has 0 radical (unpaired) electrons. The molecule has 0 fully saturated rings. The monoisotopic (exact) mass is 326 g/mol. The molecule has 0 bridgehead atoms. The van der Waals surface area contributed by atoms with Crippen LogP contribution in [0, 0.1) is 10.1 Å². The number of carbonyl (C=O) groups is 1. The van der Waals surface area contributed by atoms with Crippen LogP contribution in [0.3, 0.4) is 0 Å². The molecule has 0 saturated carbocycles. The molecule has 0 aromatic heterocycles. The number of rotatable bonds is 7. The zero-order chi connectivity index (χ0) is 17.4. The Kier molecular flexibility index (Phi) is 6.08. The third-order valence-corrected chi connectivity index (χ3v) is 3.10. The fourth-order valence-electron chi connectivity index (χ4n) is 1.95. The number of carbonyl (C=O) groups excluding carboxylic acids is 1. The molecule has 0 saturated heterocycles. The van der Waals surface area contributed by atoms with E-state index in [1.165, 1.54) is 24.3 Å². The van der Waals surface area contributed by atoms with Crippen LogP contribution in [0.15, 0.2) is 54.6 Å². The highest BCUT2D eigenvalue weighted by Crippen LogP contribution is 2.17. The molecular formula is C18H18N2O4. The van der Waals surface area contributed by atoms with Crippen LogP contribution in [0.2, 0.25) is 0 Å². The lowest BCUT2D eigenvalue weighted by atomic mass is 10.2. The Labute approximate surface area is 139 Å². The average molecular weight is 326 g/mol. The van der Waals surface area contributed by atoms with Gasteiger partial charge in [0.25, 0.3) is 5.69 Å². The molecule has 0 aliphatic carbocycles. The average Bonchev–Trinajstić information content (AvgIpc) is 2.59. The van der Waals surface area contributed by atoms with Crippen molar-refractivity contribution in [3.8, 4) is 5.75 Å². The van der Waals surface area contributed by atoms with Crippen molar-refractivity contribution in [2.24, 2.45) is 0 Å². The minimum Gasteiger partial charge on any atom is -0.494 e. The highest BCUT2D eigenvalue weighted by molar-refractivity contribution is 6.01. The van der Waals surface area contributed by atoms with Crippen LogP contribution in [0.4, 0.5) is 11.4 Å². The van der Waals surface area contributed by atoms with E-state index in [-0.39, 0.29) is 11.6 Å². The zero-order valence-electron chi connectivity index (χ0n) is 13.3. The van der Waals surface area contributed by atoms with E-state index in [1.807, 2.05) is 6.92 Å². The Morgan fingerprint density at radius 3 is 2.67 bits per heavy atom. The van der Waals surface area contributed by atoms with Gasteiger partial charge in [-0.2, -0.15) is 0 Å². The first-order chi connectivity index (χ1) is 11.6. The topological polar surface area (TPSA) is 81.5 Å². The van der Waals surface area contributed by atoms with Crippen LogP contribution in [0.5, 0.6) is 5.75 Å². The number of nitro benzene ring substituents is 1. The quantitative estimate of drug-likeness (QED) is 0.473. The van der Waals surface area contributed by atoms with Crippen molar-refractivity contribution in [3.63, 3.8) is 0 Å². The maximum absolute atomic E-state index is 11.9. The zero-order valence-corrected chi connectivity index (χ0v) is 13.3. The number of hydrogen-bond donors (Lipinski definition) is 1. The van der Waals surface area contributed by atoms with Gasteiger partial charge in [-0.3, -0.25) is 14.9 Å². The number of amides is 1. The second-order valence-corrected chi connectivity index (χ2v) is 5.05. The molecule has 2 aromatic carbocycles. The van der Waals surface area contributed by atoms with Gasteiger partial charge in [-0.1, -0.05) is 19.1 Å². The Morgan fingerprint density at radius 2 is 2.00 bits per heavy atom. The third-order valence-electron chi connectivity index (χ3n) is 3.10. The highest BCUT2D eigenvalue weighted by Gasteiger charge is 2.04. The first-order valence-electron chi connectivity index (χ1n) is 7.55. The lowest BCUT2D eigenvalue weighted by Crippen LogP contribution is -2.07. The van der Waals surface area contributed by atoms with Crippen LogP contribution >= 0.6 is 0 Å². The summed E-state index contributed by atoms with van der Waals surface area (Å²) in [6.45, 7) is 2.68. The van der Waals surface area contributed by atoms with Crippen molar-refractivity contribution in [1.82, 2.24) is 0 Å². The maximum Gasteiger partial charge on any atom is 0.270 e. The van der Waals surface area contributed by atoms with E-state index < -0.39 is 4.92 Å². The van der Waals surface area contributed by atoms with Crippen molar-refractivity contribution in [2.75, 3.05) is 11.9 Å². The van der Waals surface area contributed by atoms with Gasteiger partial charge in [0.2, 0.25) is 5.91 Å². The Morgan fingerprint density at radius 1 is 1.25 bits per heavy atom. The molecule has 2 rings (SSSR count). The number of anilines is 1. The number of non-ortho nitro benzene ring substituents is 1. The van der Waals surface area contributed by atoms with Crippen molar-refractivity contribution < 1.29 is 14.5 Å². The third kappa shape index (κ3) is 5.24. The van der Waals surface area contributed by atoms with Crippen LogP contribution in [-0.2, 0) is 4.79 Å². The van der Waals surface area contributed by atoms with Crippen molar-refractivity contribution in [1.29, 1.82) is 0 Å². The van der Waals surface area contributed by atoms with Gasteiger partial charge in [-0.05, 0) is 42.3 Å². The van der Waals surface area contributed by atoms with E-state index in [0.29, 0.717) is 17.9 Å². The molecule has 6 nitrogen and oxygen atoms in total. The number of hydrogen-bond acceptors (Lipinski definition) is 4. The summed E-state index contributed by atoms with van der Waals surface area (Å²) in [6, 6.07) is 13.2. The summed E-state index contributed by atoms with van der Waals surface area (Å²) in [6.07, 6.45) is 3.79. The van der Waals surface area contributed by atoms with E-state index >= 15 is 0 Å². The van der Waals surface area contributed by atoms with E-state index in [2.05, 4.69) is 5.32 Å². The van der Waals surface area contributed by atoms with Gasteiger partial charge in [-0.15, -0.1) is 0 Å². The van der Waals surface area contributed by atoms with Crippen molar-refractivity contribution in [2.45, 2.75) is 13.3 Å². The summed E-state index contributed by atoms with van der Waals surface area (Å²) >= 11 is 0. The molecule has 0 heterocycles. The van der Waals surface area contributed by atoms with Crippen LogP contribution in [0.1, 0.15) is 18.9 Å². The van der Waals surface area contributed by atoms with E-state index in [1.54, 1.807) is 36.4 Å². The molecule has 0 spiro atoms. The second kappa shape index (κ2) is 8.47. The normalized spacial score (nSPS) is 10.5. The maximum atomic E-state index is 11.9.